The molecular weight excluding hydrogens is 196 g/mol. The molecule has 0 fully saturated rings. The summed E-state index contributed by atoms with van der Waals surface area (Å²) in [5.74, 6) is 0.922. The normalized spacial score (nSPS) is 14.5. The lowest BCUT2D eigenvalue weighted by atomic mass is 9.90. The van der Waals surface area contributed by atoms with Crippen LogP contribution in [0.5, 0.6) is 0 Å². The number of aryl methyl sites for hydroxylation is 1. The molecule has 2 unspecified atom stereocenters. The summed E-state index contributed by atoms with van der Waals surface area (Å²) in [4.78, 5) is 11.8. The van der Waals surface area contributed by atoms with Crippen LogP contribution >= 0.6 is 0 Å². The molecule has 0 amide bonds. The van der Waals surface area contributed by atoms with Crippen molar-refractivity contribution in [3.05, 3.63) is 35.4 Å². The second-order valence-corrected chi connectivity index (χ2v) is 4.79. The molecule has 0 spiro atoms. The summed E-state index contributed by atoms with van der Waals surface area (Å²) >= 11 is 0. The molecule has 0 aliphatic heterocycles. The molecule has 0 heterocycles. The van der Waals surface area contributed by atoms with Crippen molar-refractivity contribution < 1.29 is 4.79 Å². The van der Waals surface area contributed by atoms with Crippen LogP contribution in [0.15, 0.2) is 24.3 Å². The lowest BCUT2D eigenvalue weighted by Crippen LogP contribution is -2.12. The fourth-order valence-corrected chi connectivity index (χ4v) is 1.74. The average molecular weight is 218 g/mol. The molecule has 0 saturated heterocycles. The molecule has 1 aromatic carbocycles. The first-order valence-corrected chi connectivity index (χ1v) is 6.13. The van der Waals surface area contributed by atoms with Gasteiger partial charge in [-0.25, -0.2) is 0 Å². The van der Waals surface area contributed by atoms with Crippen molar-refractivity contribution in [3.63, 3.8) is 0 Å². The standard InChI is InChI=1S/C15H22O/c1-5-12(3)15(16)10-13(4)14-8-6-11(2)7-9-14/h6-9,12-13H,5,10H2,1-4H3. The van der Waals surface area contributed by atoms with Crippen LogP contribution in [0, 0.1) is 12.8 Å². The van der Waals surface area contributed by atoms with Crippen molar-refractivity contribution in [3.8, 4) is 0 Å². The van der Waals surface area contributed by atoms with Crippen molar-refractivity contribution in [2.45, 2.75) is 46.5 Å². The van der Waals surface area contributed by atoms with Crippen molar-refractivity contribution >= 4 is 5.78 Å². The van der Waals surface area contributed by atoms with Gasteiger partial charge in [-0.2, -0.15) is 0 Å². The zero-order valence-electron chi connectivity index (χ0n) is 10.8. The largest absolute Gasteiger partial charge is 0.299 e. The summed E-state index contributed by atoms with van der Waals surface area (Å²) in [6.07, 6.45) is 1.61. The topological polar surface area (TPSA) is 17.1 Å². The molecule has 0 aliphatic carbocycles. The van der Waals surface area contributed by atoms with Crippen LogP contribution in [0.1, 0.15) is 50.7 Å². The molecule has 0 saturated carbocycles. The summed E-state index contributed by atoms with van der Waals surface area (Å²) in [7, 11) is 0. The molecule has 1 rings (SSSR count). The monoisotopic (exact) mass is 218 g/mol. The predicted octanol–water partition coefficient (Wildman–Crippen LogP) is 4.10. The molecule has 1 nitrogen and oxygen atoms in total. The molecule has 1 aromatic rings. The Balaban J connectivity index is 2.62. The Hall–Kier alpha value is -1.11. The Kier molecular flexibility index (Phi) is 4.72. The lowest BCUT2D eigenvalue weighted by molar-refractivity contribution is -0.122. The number of hydrogen-bond acceptors (Lipinski definition) is 1. The molecule has 0 N–H and O–H groups in total. The third-order valence-corrected chi connectivity index (χ3v) is 3.32. The van der Waals surface area contributed by atoms with E-state index in [9.17, 15) is 4.79 Å². The molecule has 2 atom stereocenters. The second kappa shape index (κ2) is 5.83. The highest BCUT2D eigenvalue weighted by Gasteiger charge is 2.15. The summed E-state index contributed by atoms with van der Waals surface area (Å²) in [5, 5.41) is 0. The van der Waals surface area contributed by atoms with Crippen molar-refractivity contribution in [1.82, 2.24) is 0 Å². The lowest BCUT2D eigenvalue weighted by Gasteiger charge is -2.14. The molecule has 16 heavy (non-hydrogen) atoms. The minimum Gasteiger partial charge on any atom is -0.299 e. The number of carbonyl (C=O) groups excluding carboxylic acids is 1. The van der Waals surface area contributed by atoms with E-state index in [4.69, 9.17) is 0 Å². The van der Waals surface area contributed by atoms with Gasteiger partial charge in [0.15, 0.2) is 0 Å². The van der Waals surface area contributed by atoms with Gasteiger partial charge in [0.25, 0.3) is 0 Å². The van der Waals surface area contributed by atoms with Crippen LogP contribution in [-0.2, 0) is 4.79 Å². The zero-order valence-corrected chi connectivity index (χ0v) is 10.8. The van der Waals surface area contributed by atoms with Gasteiger partial charge in [0.1, 0.15) is 5.78 Å². The minimum absolute atomic E-state index is 0.202. The Bertz CT molecular complexity index is 337. The summed E-state index contributed by atoms with van der Waals surface area (Å²) in [6.45, 7) is 8.30. The Labute approximate surface area is 98.9 Å². The van der Waals surface area contributed by atoms with Gasteiger partial charge in [0.2, 0.25) is 0 Å². The van der Waals surface area contributed by atoms with Crippen LogP contribution < -0.4 is 0 Å². The van der Waals surface area contributed by atoms with E-state index in [1.807, 2.05) is 6.92 Å². The number of carbonyl (C=O) groups is 1. The van der Waals surface area contributed by atoms with Gasteiger partial charge >= 0.3 is 0 Å². The van der Waals surface area contributed by atoms with Crippen molar-refractivity contribution in [1.29, 1.82) is 0 Å². The van der Waals surface area contributed by atoms with E-state index in [0.717, 1.165) is 6.42 Å². The maximum Gasteiger partial charge on any atom is 0.136 e. The predicted molar refractivity (Wildman–Crippen MR) is 68.7 cm³/mol. The first-order valence-electron chi connectivity index (χ1n) is 6.13. The number of benzene rings is 1. The fraction of sp³-hybridized carbons (Fsp3) is 0.533. The molecule has 0 bridgehead atoms. The first-order chi connectivity index (χ1) is 7.54. The summed E-state index contributed by atoms with van der Waals surface area (Å²) < 4.78 is 0. The SMILES string of the molecule is CCC(C)C(=O)CC(C)c1ccc(C)cc1. The van der Waals surface area contributed by atoms with Crippen LogP contribution in [0.2, 0.25) is 0 Å². The van der Waals surface area contributed by atoms with E-state index in [1.165, 1.54) is 11.1 Å². The summed E-state index contributed by atoms with van der Waals surface area (Å²) in [6, 6.07) is 8.48. The van der Waals surface area contributed by atoms with Crippen molar-refractivity contribution in [2.75, 3.05) is 0 Å². The van der Waals surface area contributed by atoms with Gasteiger partial charge in [-0.1, -0.05) is 50.6 Å². The number of ketones is 1. The van der Waals surface area contributed by atoms with Crippen LogP contribution in [-0.4, -0.2) is 5.78 Å². The smallest absolute Gasteiger partial charge is 0.136 e. The van der Waals surface area contributed by atoms with E-state index in [1.54, 1.807) is 0 Å². The number of hydrogen-bond donors (Lipinski definition) is 0. The molecule has 0 aliphatic rings. The maximum absolute atomic E-state index is 11.8. The number of rotatable bonds is 5. The van der Waals surface area contributed by atoms with E-state index in [0.29, 0.717) is 18.1 Å². The Morgan fingerprint density at radius 3 is 2.25 bits per heavy atom. The Morgan fingerprint density at radius 1 is 1.19 bits per heavy atom. The van der Waals surface area contributed by atoms with Crippen LogP contribution in [0.25, 0.3) is 0 Å². The van der Waals surface area contributed by atoms with Crippen molar-refractivity contribution in [2.24, 2.45) is 5.92 Å². The molecule has 1 heteroatoms. The van der Waals surface area contributed by atoms with Gasteiger partial charge in [-0.15, -0.1) is 0 Å². The highest BCUT2D eigenvalue weighted by atomic mass is 16.1. The molecule has 88 valence electrons. The van der Waals surface area contributed by atoms with Gasteiger partial charge in [0, 0.05) is 12.3 Å². The molecule has 0 aromatic heterocycles. The summed E-state index contributed by atoms with van der Waals surface area (Å²) in [5.41, 5.74) is 2.53. The molecular formula is C15H22O. The highest BCUT2D eigenvalue weighted by Crippen LogP contribution is 2.22. The second-order valence-electron chi connectivity index (χ2n) is 4.79. The Morgan fingerprint density at radius 2 is 1.75 bits per heavy atom. The van der Waals surface area contributed by atoms with Gasteiger partial charge in [0.05, 0.1) is 0 Å². The van der Waals surface area contributed by atoms with Crippen LogP contribution in [0.3, 0.4) is 0 Å². The number of Topliss-reactive ketones (excluding diaryl/α,β-unsaturated/α-hetero) is 1. The fourth-order valence-electron chi connectivity index (χ4n) is 1.74. The average Bonchev–Trinajstić information content (AvgIpc) is 2.28. The van der Waals surface area contributed by atoms with E-state index in [2.05, 4.69) is 45.0 Å². The van der Waals surface area contributed by atoms with Gasteiger partial charge in [-0.3, -0.25) is 4.79 Å². The zero-order chi connectivity index (χ0) is 12.1. The highest BCUT2D eigenvalue weighted by molar-refractivity contribution is 5.81. The maximum atomic E-state index is 11.8. The third kappa shape index (κ3) is 3.48. The van der Waals surface area contributed by atoms with E-state index in [-0.39, 0.29) is 5.92 Å². The van der Waals surface area contributed by atoms with Crippen LogP contribution in [0.4, 0.5) is 0 Å². The van der Waals surface area contributed by atoms with E-state index >= 15 is 0 Å². The van der Waals surface area contributed by atoms with Gasteiger partial charge in [-0.05, 0) is 24.8 Å². The minimum atomic E-state index is 0.202. The van der Waals surface area contributed by atoms with E-state index < -0.39 is 0 Å². The molecule has 0 radical (unpaired) electrons. The quantitative estimate of drug-likeness (QED) is 0.727. The first kappa shape index (κ1) is 13.0. The third-order valence-electron chi connectivity index (χ3n) is 3.32. The van der Waals surface area contributed by atoms with Gasteiger partial charge < -0.3 is 0 Å².